The highest BCUT2D eigenvalue weighted by Gasteiger charge is 2.23. The highest BCUT2D eigenvalue weighted by atomic mass is 16.4. The summed E-state index contributed by atoms with van der Waals surface area (Å²) in [4.78, 5) is 0. The lowest BCUT2D eigenvalue weighted by Gasteiger charge is -2.19. The van der Waals surface area contributed by atoms with E-state index in [0.717, 1.165) is 0 Å². The summed E-state index contributed by atoms with van der Waals surface area (Å²) in [7, 11) is 0. The van der Waals surface area contributed by atoms with E-state index in [-0.39, 0.29) is 0 Å². The topological polar surface area (TPSA) is 132 Å². The Kier molecular flexibility index (Phi) is 4.49. The van der Waals surface area contributed by atoms with Gasteiger partial charge in [0.25, 0.3) is 0 Å². The van der Waals surface area contributed by atoms with E-state index < -0.39 is 18.6 Å². The van der Waals surface area contributed by atoms with Gasteiger partial charge in [0.05, 0.1) is 0 Å². The first kappa shape index (κ1) is 10.5. The molecule has 0 aliphatic carbocycles. The number of aliphatic hydroxyl groups excluding tert-OH is 3. The first-order chi connectivity index (χ1) is 5.63. The fraction of sp³-hybridized carbons (Fsp3) is 0.600. The van der Waals surface area contributed by atoms with E-state index in [0.29, 0.717) is 0 Å². The molecule has 0 saturated carbocycles. The van der Waals surface area contributed by atoms with Crippen molar-refractivity contribution in [1.29, 1.82) is 10.5 Å². The van der Waals surface area contributed by atoms with Gasteiger partial charge in [-0.3, -0.25) is 10.6 Å². The second kappa shape index (κ2) is 5.16. The van der Waals surface area contributed by atoms with Gasteiger partial charge in [-0.25, -0.2) is 0 Å². The average Bonchev–Trinajstić information content (AvgIpc) is 2.04. The molecule has 2 atom stereocenters. The Morgan fingerprint density at radius 2 is 1.25 bits per heavy atom. The van der Waals surface area contributed by atoms with E-state index >= 15 is 0 Å². The third-order valence-corrected chi connectivity index (χ3v) is 1.07. The van der Waals surface area contributed by atoms with Crippen molar-refractivity contribution in [3.05, 3.63) is 0 Å². The van der Waals surface area contributed by atoms with E-state index in [1.54, 1.807) is 10.6 Å². The third-order valence-electron chi connectivity index (χ3n) is 1.07. The van der Waals surface area contributed by atoms with Crippen LogP contribution in [0, 0.1) is 22.9 Å². The molecule has 0 aromatic rings. The number of hydrogen-bond acceptors (Lipinski definition) is 7. The van der Waals surface area contributed by atoms with Crippen LogP contribution in [0.25, 0.3) is 0 Å². The van der Waals surface area contributed by atoms with E-state index in [9.17, 15) is 0 Å². The summed E-state index contributed by atoms with van der Waals surface area (Å²) in [6.45, 7) is 0. The molecule has 7 heteroatoms. The summed E-state index contributed by atoms with van der Waals surface area (Å²) in [5.74, 6) is 0. The molecule has 0 amide bonds. The number of nitrogens with one attached hydrogen (secondary N) is 2. The molecular formula is C5H8N4O3. The molecule has 2 unspecified atom stereocenters. The molecule has 12 heavy (non-hydrogen) atoms. The summed E-state index contributed by atoms with van der Waals surface area (Å²) in [6, 6.07) is 0. The van der Waals surface area contributed by atoms with Gasteiger partial charge in [-0.05, 0) is 0 Å². The summed E-state index contributed by atoms with van der Waals surface area (Å²) in [5, 5.41) is 46.1. The second-order valence-corrected chi connectivity index (χ2v) is 1.89. The van der Waals surface area contributed by atoms with Crippen molar-refractivity contribution in [3.63, 3.8) is 0 Å². The summed E-state index contributed by atoms with van der Waals surface area (Å²) >= 11 is 0. The number of nitriles is 2. The molecule has 0 fully saturated rings. The number of rotatable bonds is 4. The largest absolute Gasteiger partial charge is 0.384 e. The quantitative estimate of drug-likeness (QED) is 0.175. The number of hydrogen-bond donors (Lipinski definition) is 5. The zero-order valence-electron chi connectivity index (χ0n) is 5.97. The molecule has 0 bridgehead atoms. The lowest BCUT2D eigenvalue weighted by Crippen LogP contribution is -2.49. The predicted molar refractivity (Wildman–Crippen MR) is 35.5 cm³/mol. The standard InChI is InChI=1S/C5H8N4O3/c6-1-8-4(11)3(10)5(12)9-2-7/h3-5,8-12H. The molecule has 66 valence electrons. The van der Waals surface area contributed by atoms with Gasteiger partial charge < -0.3 is 15.3 Å². The van der Waals surface area contributed by atoms with E-state index in [1.807, 2.05) is 0 Å². The Morgan fingerprint density at radius 1 is 0.917 bits per heavy atom. The maximum absolute atomic E-state index is 8.92. The Hall–Kier alpha value is -1.54. The Bertz CT molecular complexity index is 186. The van der Waals surface area contributed by atoms with Crippen molar-refractivity contribution in [1.82, 2.24) is 10.6 Å². The van der Waals surface area contributed by atoms with E-state index in [2.05, 4.69) is 0 Å². The highest BCUT2D eigenvalue weighted by molar-refractivity contribution is 4.81. The average molecular weight is 172 g/mol. The maximum atomic E-state index is 8.92. The lowest BCUT2D eigenvalue weighted by molar-refractivity contribution is -0.0721. The van der Waals surface area contributed by atoms with Gasteiger partial charge in [0.15, 0.2) is 24.8 Å². The minimum absolute atomic E-state index is 1.36. The molecular weight excluding hydrogens is 164 g/mol. The second-order valence-electron chi connectivity index (χ2n) is 1.89. The molecule has 0 aliphatic heterocycles. The molecule has 0 heterocycles. The molecule has 0 aliphatic rings. The lowest BCUT2D eigenvalue weighted by atomic mass is 10.3. The van der Waals surface area contributed by atoms with E-state index in [1.165, 1.54) is 12.4 Å². The van der Waals surface area contributed by atoms with E-state index in [4.69, 9.17) is 25.8 Å². The van der Waals surface area contributed by atoms with Crippen molar-refractivity contribution >= 4 is 0 Å². The van der Waals surface area contributed by atoms with Crippen LogP contribution in [0.15, 0.2) is 0 Å². The predicted octanol–water partition coefficient (Wildman–Crippen LogP) is -2.87. The van der Waals surface area contributed by atoms with Crippen molar-refractivity contribution in [2.24, 2.45) is 0 Å². The van der Waals surface area contributed by atoms with Crippen LogP contribution in [0.4, 0.5) is 0 Å². The summed E-state index contributed by atoms with van der Waals surface area (Å²) < 4.78 is 0. The monoisotopic (exact) mass is 172 g/mol. The summed E-state index contributed by atoms with van der Waals surface area (Å²) in [6.07, 6.45) is -2.13. The van der Waals surface area contributed by atoms with Crippen LogP contribution in [-0.2, 0) is 0 Å². The first-order valence-electron chi connectivity index (χ1n) is 2.97. The maximum Gasteiger partial charge on any atom is 0.178 e. The molecule has 7 nitrogen and oxygen atoms in total. The van der Waals surface area contributed by atoms with Gasteiger partial charge in [-0.1, -0.05) is 0 Å². The molecule has 5 N–H and O–H groups in total. The van der Waals surface area contributed by atoms with Gasteiger partial charge >= 0.3 is 0 Å². The van der Waals surface area contributed by atoms with Crippen molar-refractivity contribution in [2.45, 2.75) is 18.6 Å². The van der Waals surface area contributed by atoms with Crippen LogP contribution in [-0.4, -0.2) is 33.9 Å². The third kappa shape index (κ3) is 3.03. The van der Waals surface area contributed by atoms with Gasteiger partial charge in [0.1, 0.15) is 6.10 Å². The molecule has 0 aromatic carbocycles. The zero-order chi connectivity index (χ0) is 9.56. The minimum Gasteiger partial charge on any atom is -0.384 e. The smallest absolute Gasteiger partial charge is 0.178 e. The van der Waals surface area contributed by atoms with Crippen LogP contribution in [0.1, 0.15) is 0 Å². The van der Waals surface area contributed by atoms with Crippen molar-refractivity contribution in [3.8, 4) is 12.4 Å². The van der Waals surface area contributed by atoms with Crippen molar-refractivity contribution in [2.75, 3.05) is 0 Å². The van der Waals surface area contributed by atoms with Crippen LogP contribution in [0.3, 0.4) is 0 Å². The van der Waals surface area contributed by atoms with Gasteiger partial charge in [-0.2, -0.15) is 10.5 Å². The first-order valence-corrected chi connectivity index (χ1v) is 2.97. The van der Waals surface area contributed by atoms with Gasteiger partial charge in [0, 0.05) is 0 Å². The Morgan fingerprint density at radius 3 is 1.50 bits per heavy atom. The normalized spacial score (nSPS) is 16.4. The van der Waals surface area contributed by atoms with Crippen molar-refractivity contribution < 1.29 is 15.3 Å². The Balaban J connectivity index is 3.93. The van der Waals surface area contributed by atoms with Crippen LogP contribution in [0.2, 0.25) is 0 Å². The molecule has 0 saturated heterocycles. The van der Waals surface area contributed by atoms with Gasteiger partial charge in [-0.15, -0.1) is 0 Å². The minimum atomic E-state index is -1.65. The fourth-order valence-electron chi connectivity index (χ4n) is 0.476. The van der Waals surface area contributed by atoms with Gasteiger partial charge in [0.2, 0.25) is 0 Å². The highest BCUT2D eigenvalue weighted by Crippen LogP contribution is 1.93. The molecule has 0 aromatic heterocycles. The molecule has 0 rings (SSSR count). The number of nitrogens with zero attached hydrogens (tertiary/aromatic N) is 2. The number of aliphatic hydroxyl groups is 3. The fourth-order valence-corrected chi connectivity index (χ4v) is 0.476. The SMILES string of the molecule is N#CNC(O)C(O)C(O)NC#N. The van der Waals surface area contributed by atoms with Crippen LogP contribution < -0.4 is 10.6 Å². The molecule has 0 radical (unpaired) electrons. The molecule has 0 spiro atoms. The Labute approximate surface area is 68.5 Å². The van der Waals surface area contributed by atoms with Crippen LogP contribution >= 0.6 is 0 Å². The summed E-state index contributed by atoms with van der Waals surface area (Å²) in [5.41, 5.74) is 0. The zero-order valence-corrected chi connectivity index (χ0v) is 5.97. The van der Waals surface area contributed by atoms with Crippen LogP contribution in [0.5, 0.6) is 0 Å².